The fraction of sp³-hybridized carbons (Fsp3) is 0.375. The fourth-order valence-corrected chi connectivity index (χ4v) is 4.41. The lowest BCUT2D eigenvalue weighted by Crippen LogP contribution is -2.39. The van der Waals surface area contributed by atoms with E-state index in [0.717, 1.165) is 26.9 Å². The molecule has 1 aromatic carbocycles. The predicted octanol–water partition coefficient (Wildman–Crippen LogP) is 2.66. The Labute approximate surface area is 151 Å². The lowest BCUT2D eigenvalue weighted by atomic mass is 10.0. The van der Waals surface area contributed by atoms with Crippen LogP contribution in [-0.2, 0) is 16.1 Å². The summed E-state index contributed by atoms with van der Waals surface area (Å²) in [6.07, 6.45) is 1.67. The van der Waals surface area contributed by atoms with E-state index in [1.165, 1.54) is 0 Å². The summed E-state index contributed by atoms with van der Waals surface area (Å²) in [5.74, 6) is -0.0541. The van der Waals surface area contributed by atoms with E-state index in [4.69, 9.17) is 5.11 Å². The maximum absolute atomic E-state index is 12.0. The summed E-state index contributed by atoms with van der Waals surface area (Å²) >= 11 is 5.24. The molecule has 0 spiro atoms. The lowest BCUT2D eigenvalue weighted by Gasteiger charge is -2.31. The molecule has 2 aromatic rings. The van der Waals surface area contributed by atoms with Gasteiger partial charge in [0.25, 0.3) is 0 Å². The van der Waals surface area contributed by atoms with E-state index in [-0.39, 0.29) is 6.54 Å². The Hall–Kier alpha value is -1.51. The molecule has 24 heavy (non-hydrogen) atoms. The third kappa shape index (κ3) is 3.45. The molecule has 1 aromatic heterocycles. The van der Waals surface area contributed by atoms with Gasteiger partial charge in [0, 0.05) is 51.7 Å². The molecule has 0 saturated carbocycles. The lowest BCUT2D eigenvalue weighted by molar-refractivity contribution is -0.143. The van der Waals surface area contributed by atoms with Gasteiger partial charge in [-0.2, -0.15) is 11.8 Å². The number of rotatable bonds is 5. The molecule has 128 valence electrons. The van der Waals surface area contributed by atoms with Gasteiger partial charge in [0.05, 0.1) is 0 Å². The van der Waals surface area contributed by atoms with Crippen molar-refractivity contribution in [3.8, 4) is 0 Å². The summed E-state index contributed by atoms with van der Waals surface area (Å²) in [5, 5.41) is 19.7. The number of hydrogen-bond donors (Lipinski definition) is 2. The normalized spacial score (nSPS) is 17.0. The van der Waals surface area contributed by atoms with Gasteiger partial charge in [0.15, 0.2) is 0 Å². The van der Waals surface area contributed by atoms with Gasteiger partial charge in [0.2, 0.25) is 0 Å². The molecule has 0 radical (unpaired) electrons. The molecule has 1 atom stereocenters. The zero-order valence-corrected chi connectivity index (χ0v) is 15.2. The van der Waals surface area contributed by atoms with Gasteiger partial charge >= 0.3 is 11.9 Å². The molecule has 3 rings (SSSR count). The zero-order valence-electron chi connectivity index (χ0n) is 12.8. The van der Waals surface area contributed by atoms with Crippen molar-refractivity contribution in [1.29, 1.82) is 0 Å². The Morgan fingerprint density at radius 1 is 1.25 bits per heavy atom. The van der Waals surface area contributed by atoms with Crippen LogP contribution in [0.4, 0.5) is 0 Å². The Balaban J connectivity index is 2.12. The van der Waals surface area contributed by atoms with E-state index in [1.54, 1.807) is 10.8 Å². The Morgan fingerprint density at radius 2 is 1.96 bits per heavy atom. The SMILES string of the molecule is O=C(O)Cn1cc(C(C(=O)O)N2CCSCC2)c2cc(Br)ccc21. The molecule has 2 N–H and O–H groups in total. The first kappa shape index (κ1) is 17.3. The van der Waals surface area contributed by atoms with Crippen LogP contribution < -0.4 is 0 Å². The van der Waals surface area contributed by atoms with Crippen molar-refractivity contribution in [2.24, 2.45) is 0 Å². The first-order valence-electron chi connectivity index (χ1n) is 7.52. The third-order valence-corrected chi connectivity index (χ3v) is 5.55. The van der Waals surface area contributed by atoms with Gasteiger partial charge in [0.1, 0.15) is 12.6 Å². The summed E-state index contributed by atoms with van der Waals surface area (Å²) in [7, 11) is 0. The number of aromatic nitrogens is 1. The first-order chi connectivity index (χ1) is 11.5. The highest BCUT2D eigenvalue weighted by Crippen LogP contribution is 2.33. The number of carboxylic acids is 2. The van der Waals surface area contributed by atoms with Gasteiger partial charge in [-0.1, -0.05) is 15.9 Å². The monoisotopic (exact) mass is 412 g/mol. The second-order valence-corrected chi connectivity index (χ2v) is 7.80. The van der Waals surface area contributed by atoms with Crippen LogP contribution in [0.5, 0.6) is 0 Å². The largest absolute Gasteiger partial charge is 0.480 e. The van der Waals surface area contributed by atoms with Crippen LogP contribution in [-0.4, -0.2) is 56.2 Å². The number of thioether (sulfide) groups is 1. The number of halogens is 1. The molecule has 2 heterocycles. The van der Waals surface area contributed by atoms with Gasteiger partial charge in [-0.3, -0.25) is 14.5 Å². The Bertz CT molecular complexity index is 786. The zero-order chi connectivity index (χ0) is 17.3. The summed E-state index contributed by atoms with van der Waals surface area (Å²) in [6, 6.07) is 4.74. The number of carbonyl (C=O) groups is 2. The van der Waals surface area contributed by atoms with Crippen LogP contribution in [0.15, 0.2) is 28.9 Å². The average Bonchev–Trinajstić information content (AvgIpc) is 2.85. The van der Waals surface area contributed by atoms with Crippen LogP contribution in [0, 0.1) is 0 Å². The Kier molecular flexibility index (Phi) is 5.17. The number of fused-ring (bicyclic) bond motifs is 1. The molecule has 0 amide bonds. The summed E-state index contributed by atoms with van der Waals surface area (Å²) in [4.78, 5) is 25.1. The summed E-state index contributed by atoms with van der Waals surface area (Å²) < 4.78 is 2.44. The van der Waals surface area contributed by atoms with Crippen LogP contribution in [0.2, 0.25) is 0 Å². The molecule has 0 aliphatic carbocycles. The minimum atomic E-state index is -0.956. The summed E-state index contributed by atoms with van der Waals surface area (Å²) in [5.41, 5.74) is 1.38. The minimum Gasteiger partial charge on any atom is -0.480 e. The maximum Gasteiger partial charge on any atom is 0.325 e. The molecule has 1 aliphatic rings. The van der Waals surface area contributed by atoms with Gasteiger partial charge in [-0.05, 0) is 18.2 Å². The van der Waals surface area contributed by atoms with Crippen LogP contribution in [0.1, 0.15) is 11.6 Å². The number of benzene rings is 1. The fourth-order valence-electron chi connectivity index (χ4n) is 3.11. The molecule has 1 aliphatic heterocycles. The van der Waals surface area contributed by atoms with Crippen LogP contribution in [0.25, 0.3) is 10.9 Å². The standard InChI is InChI=1S/C16H17BrN2O4S/c17-10-1-2-13-11(7-10)12(8-19(13)9-14(20)21)15(16(22)23)18-3-5-24-6-4-18/h1-2,7-8,15H,3-6,9H2,(H,20,21)(H,22,23). The molecule has 0 bridgehead atoms. The third-order valence-electron chi connectivity index (χ3n) is 4.12. The highest BCUT2D eigenvalue weighted by Gasteiger charge is 2.31. The number of carboxylic acid groups (broad SMARTS) is 2. The molecule has 1 unspecified atom stereocenters. The topological polar surface area (TPSA) is 82.8 Å². The van der Waals surface area contributed by atoms with Gasteiger partial charge in [-0.15, -0.1) is 0 Å². The molecule has 1 saturated heterocycles. The molecule has 1 fully saturated rings. The van der Waals surface area contributed by atoms with Crippen molar-refractivity contribution < 1.29 is 19.8 Å². The van der Waals surface area contributed by atoms with Gasteiger partial charge in [-0.25, -0.2) is 0 Å². The highest BCUT2D eigenvalue weighted by atomic mass is 79.9. The van der Waals surface area contributed by atoms with Crippen LogP contribution in [0.3, 0.4) is 0 Å². The van der Waals surface area contributed by atoms with Crippen molar-refractivity contribution in [2.75, 3.05) is 24.6 Å². The quantitative estimate of drug-likeness (QED) is 0.785. The molecule has 6 nitrogen and oxygen atoms in total. The second-order valence-electron chi connectivity index (χ2n) is 5.66. The highest BCUT2D eigenvalue weighted by molar-refractivity contribution is 9.10. The van der Waals surface area contributed by atoms with Crippen molar-refractivity contribution in [3.05, 3.63) is 34.4 Å². The van der Waals surface area contributed by atoms with Crippen LogP contribution >= 0.6 is 27.7 Å². The van der Waals surface area contributed by atoms with E-state index in [2.05, 4.69) is 15.9 Å². The minimum absolute atomic E-state index is 0.194. The average molecular weight is 413 g/mol. The molecular weight excluding hydrogens is 396 g/mol. The maximum atomic E-state index is 12.0. The van der Waals surface area contributed by atoms with E-state index >= 15 is 0 Å². The predicted molar refractivity (Wildman–Crippen MR) is 96.5 cm³/mol. The van der Waals surface area contributed by atoms with Gasteiger partial charge < -0.3 is 14.8 Å². The van der Waals surface area contributed by atoms with E-state index in [0.29, 0.717) is 18.7 Å². The summed E-state index contributed by atoms with van der Waals surface area (Å²) in [6.45, 7) is 1.23. The van der Waals surface area contributed by atoms with E-state index < -0.39 is 18.0 Å². The first-order valence-corrected chi connectivity index (χ1v) is 9.47. The Morgan fingerprint density at radius 3 is 2.58 bits per heavy atom. The molecular formula is C16H17BrN2O4S. The smallest absolute Gasteiger partial charge is 0.325 e. The second kappa shape index (κ2) is 7.16. The van der Waals surface area contributed by atoms with Crippen molar-refractivity contribution in [3.63, 3.8) is 0 Å². The number of aliphatic carboxylic acids is 2. The van der Waals surface area contributed by atoms with E-state index in [9.17, 15) is 14.7 Å². The van der Waals surface area contributed by atoms with Crippen molar-refractivity contribution >= 4 is 50.5 Å². The number of hydrogen-bond acceptors (Lipinski definition) is 4. The molecule has 8 heteroatoms. The van der Waals surface area contributed by atoms with Crippen molar-refractivity contribution in [2.45, 2.75) is 12.6 Å². The number of nitrogens with zero attached hydrogens (tertiary/aromatic N) is 2. The van der Waals surface area contributed by atoms with E-state index in [1.807, 2.05) is 34.9 Å². The van der Waals surface area contributed by atoms with Crippen molar-refractivity contribution in [1.82, 2.24) is 9.47 Å².